The Kier molecular flexibility index (Phi) is 4.70. The normalized spacial score (nSPS) is 19.4. The van der Waals surface area contributed by atoms with Crippen LogP contribution in [0.2, 0.25) is 0 Å². The van der Waals surface area contributed by atoms with E-state index in [1.165, 1.54) is 13.2 Å². The summed E-state index contributed by atoms with van der Waals surface area (Å²) in [5.41, 5.74) is 0.481. The third kappa shape index (κ3) is 2.97. The number of ether oxygens (including phenoxy) is 1. The smallest absolute Gasteiger partial charge is 0.323 e. The van der Waals surface area contributed by atoms with Gasteiger partial charge in [-0.15, -0.1) is 0 Å². The van der Waals surface area contributed by atoms with Crippen molar-refractivity contribution in [2.75, 3.05) is 13.7 Å². The lowest BCUT2D eigenvalue weighted by atomic mass is 10.0. The van der Waals surface area contributed by atoms with Gasteiger partial charge in [0.1, 0.15) is 17.9 Å². The molecule has 1 atom stereocenters. The van der Waals surface area contributed by atoms with Crippen LogP contribution >= 0.6 is 0 Å². The molecule has 1 aliphatic rings. The van der Waals surface area contributed by atoms with E-state index < -0.39 is 5.82 Å². The fraction of sp³-hybridized carbons (Fsp3) is 0.467. The minimum atomic E-state index is -0.496. The summed E-state index contributed by atoms with van der Waals surface area (Å²) in [5, 5.41) is 8.85. The molecule has 0 spiro atoms. The molecule has 106 valence electrons. The molecule has 20 heavy (non-hydrogen) atoms. The second kappa shape index (κ2) is 6.49. The van der Waals surface area contributed by atoms with Gasteiger partial charge in [-0.1, -0.05) is 18.6 Å². The molecule has 0 amide bonds. The van der Waals surface area contributed by atoms with Crippen LogP contribution in [0.5, 0.6) is 0 Å². The van der Waals surface area contributed by atoms with Crippen LogP contribution in [-0.4, -0.2) is 30.6 Å². The van der Waals surface area contributed by atoms with Crippen molar-refractivity contribution in [3.8, 4) is 6.07 Å². The number of rotatable bonds is 3. The Labute approximate surface area is 117 Å². The van der Waals surface area contributed by atoms with E-state index in [0.717, 1.165) is 25.8 Å². The SMILES string of the molecule is COC(=O)[C@H]1CCCCN1Cc1cccc(C#N)c1F. The fourth-order valence-electron chi connectivity index (χ4n) is 2.59. The first-order chi connectivity index (χ1) is 9.67. The van der Waals surface area contributed by atoms with Gasteiger partial charge in [0.15, 0.2) is 0 Å². The number of methoxy groups -OCH3 is 1. The summed E-state index contributed by atoms with van der Waals surface area (Å²) in [7, 11) is 1.37. The van der Waals surface area contributed by atoms with Crippen LogP contribution in [-0.2, 0) is 16.1 Å². The highest BCUT2D eigenvalue weighted by atomic mass is 19.1. The van der Waals surface area contributed by atoms with Crippen molar-refractivity contribution < 1.29 is 13.9 Å². The Hall–Kier alpha value is -1.93. The van der Waals surface area contributed by atoms with Gasteiger partial charge in [0.05, 0.1) is 12.7 Å². The molecule has 4 nitrogen and oxygen atoms in total. The van der Waals surface area contributed by atoms with Crippen LogP contribution in [0, 0.1) is 17.1 Å². The lowest BCUT2D eigenvalue weighted by Crippen LogP contribution is -2.44. The zero-order valence-corrected chi connectivity index (χ0v) is 11.4. The maximum Gasteiger partial charge on any atom is 0.323 e. The monoisotopic (exact) mass is 276 g/mol. The summed E-state index contributed by atoms with van der Waals surface area (Å²) in [6, 6.07) is 6.28. The first-order valence-corrected chi connectivity index (χ1v) is 6.66. The molecular formula is C15H17FN2O2. The number of nitriles is 1. The number of esters is 1. The number of benzene rings is 1. The molecule has 0 saturated carbocycles. The minimum Gasteiger partial charge on any atom is -0.468 e. The molecule has 1 saturated heterocycles. The Morgan fingerprint density at radius 2 is 2.35 bits per heavy atom. The van der Waals surface area contributed by atoms with E-state index in [0.29, 0.717) is 12.1 Å². The highest BCUT2D eigenvalue weighted by Crippen LogP contribution is 2.22. The third-order valence-electron chi connectivity index (χ3n) is 3.66. The standard InChI is InChI=1S/C15H17FN2O2/c1-20-15(19)13-7-2-3-8-18(13)10-12-6-4-5-11(9-17)14(12)16/h4-6,13H,2-3,7-8,10H2,1H3/t13-/m1/s1. The predicted octanol–water partition coefficient (Wildman–Crippen LogP) is 2.22. The first kappa shape index (κ1) is 14.5. The molecule has 0 aromatic heterocycles. The van der Waals surface area contributed by atoms with E-state index >= 15 is 0 Å². The molecule has 0 bridgehead atoms. The highest BCUT2D eigenvalue weighted by molar-refractivity contribution is 5.75. The van der Waals surface area contributed by atoms with Gasteiger partial charge in [-0.05, 0) is 25.5 Å². The average molecular weight is 276 g/mol. The maximum atomic E-state index is 14.1. The highest BCUT2D eigenvalue weighted by Gasteiger charge is 2.30. The first-order valence-electron chi connectivity index (χ1n) is 6.66. The summed E-state index contributed by atoms with van der Waals surface area (Å²) in [6.45, 7) is 1.05. The number of carbonyl (C=O) groups is 1. The quantitative estimate of drug-likeness (QED) is 0.794. The molecule has 1 fully saturated rings. The van der Waals surface area contributed by atoms with Crippen molar-refractivity contribution in [2.45, 2.75) is 31.8 Å². The summed E-state index contributed by atoms with van der Waals surface area (Å²) < 4.78 is 18.9. The van der Waals surface area contributed by atoms with Crippen molar-refractivity contribution in [2.24, 2.45) is 0 Å². The van der Waals surface area contributed by atoms with Crippen LogP contribution in [0.3, 0.4) is 0 Å². The van der Waals surface area contributed by atoms with Crippen molar-refractivity contribution in [1.29, 1.82) is 5.26 Å². The molecule has 1 aromatic rings. The zero-order valence-electron chi connectivity index (χ0n) is 11.4. The van der Waals surface area contributed by atoms with Crippen LogP contribution < -0.4 is 0 Å². The molecule has 2 rings (SSSR count). The Bertz CT molecular complexity index is 539. The number of hydrogen-bond acceptors (Lipinski definition) is 4. The van der Waals surface area contributed by atoms with Crippen molar-refractivity contribution in [3.05, 3.63) is 35.1 Å². The zero-order chi connectivity index (χ0) is 14.5. The van der Waals surface area contributed by atoms with Crippen molar-refractivity contribution in [3.63, 3.8) is 0 Å². The van der Waals surface area contributed by atoms with Crippen LogP contribution in [0.15, 0.2) is 18.2 Å². The van der Waals surface area contributed by atoms with E-state index in [1.54, 1.807) is 12.1 Å². The number of carbonyl (C=O) groups excluding carboxylic acids is 1. The van der Waals surface area contributed by atoms with Gasteiger partial charge in [-0.2, -0.15) is 5.26 Å². The van der Waals surface area contributed by atoms with Gasteiger partial charge in [0.25, 0.3) is 0 Å². The van der Waals surface area contributed by atoms with E-state index in [4.69, 9.17) is 10.00 Å². The molecule has 0 unspecified atom stereocenters. The molecule has 1 heterocycles. The number of likely N-dealkylation sites (tertiary alicyclic amines) is 1. The van der Waals surface area contributed by atoms with Gasteiger partial charge in [0, 0.05) is 12.1 Å². The van der Waals surface area contributed by atoms with Crippen molar-refractivity contribution in [1.82, 2.24) is 4.90 Å². The summed E-state index contributed by atoms with van der Waals surface area (Å²) in [5.74, 6) is -0.772. The Morgan fingerprint density at radius 1 is 1.55 bits per heavy atom. The predicted molar refractivity (Wildman–Crippen MR) is 71.2 cm³/mol. The fourth-order valence-corrected chi connectivity index (χ4v) is 2.59. The minimum absolute atomic E-state index is 0.0362. The number of halogens is 1. The molecular weight excluding hydrogens is 259 g/mol. The van der Waals surface area contributed by atoms with E-state index in [9.17, 15) is 9.18 Å². The van der Waals surface area contributed by atoms with Gasteiger partial charge >= 0.3 is 5.97 Å². The summed E-state index contributed by atoms with van der Waals surface area (Å²) >= 11 is 0. The van der Waals surface area contributed by atoms with Crippen LogP contribution in [0.4, 0.5) is 4.39 Å². The molecule has 1 aliphatic heterocycles. The number of piperidine rings is 1. The van der Waals surface area contributed by atoms with Gasteiger partial charge < -0.3 is 4.74 Å². The molecule has 1 aromatic carbocycles. The second-order valence-corrected chi connectivity index (χ2v) is 4.90. The van der Waals surface area contributed by atoms with E-state index in [2.05, 4.69) is 0 Å². The number of hydrogen-bond donors (Lipinski definition) is 0. The van der Waals surface area contributed by atoms with Gasteiger partial charge in [-0.3, -0.25) is 9.69 Å². The summed E-state index contributed by atoms with van der Waals surface area (Å²) in [4.78, 5) is 13.7. The lowest BCUT2D eigenvalue weighted by Gasteiger charge is -2.33. The molecule has 0 radical (unpaired) electrons. The largest absolute Gasteiger partial charge is 0.468 e. The topological polar surface area (TPSA) is 53.3 Å². The van der Waals surface area contributed by atoms with E-state index in [1.807, 2.05) is 11.0 Å². The third-order valence-corrected chi connectivity index (χ3v) is 3.66. The van der Waals surface area contributed by atoms with Gasteiger partial charge in [-0.25, -0.2) is 4.39 Å². The molecule has 0 aliphatic carbocycles. The molecule has 0 N–H and O–H groups in total. The Morgan fingerprint density at radius 3 is 3.05 bits per heavy atom. The van der Waals surface area contributed by atoms with Crippen molar-refractivity contribution >= 4 is 5.97 Å². The summed E-state index contributed by atoms with van der Waals surface area (Å²) in [6.07, 6.45) is 2.68. The average Bonchev–Trinajstić information content (AvgIpc) is 2.49. The lowest BCUT2D eigenvalue weighted by molar-refractivity contribution is -0.148. The van der Waals surface area contributed by atoms with Gasteiger partial charge in [0.2, 0.25) is 0 Å². The number of nitrogens with zero attached hydrogens (tertiary/aromatic N) is 2. The maximum absolute atomic E-state index is 14.1. The van der Waals surface area contributed by atoms with Crippen LogP contribution in [0.25, 0.3) is 0 Å². The van der Waals surface area contributed by atoms with Crippen LogP contribution in [0.1, 0.15) is 30.4 Å². The van der Waals surface area contributed by atoms with E-state index in [-0.39, 0.29) is 17.6 Å². The Balaban J connectivity index is 2.19. The molecule has 5 heteroatoms. The second-order valence-electron chi connectivity index (χ2n) is 4.90.